The van der Waals surface area contributed by atoms with Crippen molar-refractivity contribution in [1.82, 2.24) is 0 Å². The first kappa shape index (κ1) is 26.2. The summed E-state index contributed by atoms with van der Waals surface area (Å²) in [5, 5.41) is 4.93. The van der Waals surface area contributed by atoms with Gasteiger partial charge in [0, 0.05) is 33.2 Å². The molecule has 0 saturated heterocycles. The van der Waals surface area contributed by atoms with Crippen LogP contribution < -0.4 is 0 Å². The third kappa shape index (κ3) is 6.02. The molecule has 0 aliphatic heterocycles. The van der Waals surface area contributed by atoms with Crippen molar-refractivity contribution in [1.29, 1.82) is 0 Å². The maximum absolute atomic E-state index is 13.4. The average molecular weight is 534 g/mol. The summed E-state index contributed by atoms with van der Waals surface area (Å²) in [6.45, 7) is 3.40. The van der Waals surface area contributed by atoms with Gasteiger partial charge in [-0.15, -0.1) is 0 Å². The van der Waals surface area contributed by atoms with Gasteiger partial charge in [0.05, 0.1) is 5.71 Å². The van der Waals surface area contributed by atoms with Gasteiger partial charge in [-0.1, -0.05) is 103 Å². The van der Waals surface area contributed by atoms with Gasteiger partial charge in [0.15, 0.2) is 5.76 Å². The molecule has 1 aromatic heterocycles. The largest absolute Gasteiger partial charge is 0.452 e. The SMILES string of the molecule is CCC/C(=N\OC(C)=O)c1ccc(Sc2ccc(-c3c(C(=O)c4ccccc4)oc4ccccc34)cc2)cc1. The molecular formula is C33H27NO4S. The minimum atomic E-state index is -0.431. The predicted octanol–water partition coefficient (Wildman–Crippen LogP) is 8.55. The van der Waals surface area contributed by atoms with E-state index in [0.717, 1.165) is 50.4 Å². The number of hydrogen-bond acceptors (Lipinski definition) is 6. The van der Waals surface area contributed by atoms with Crippen molar-refractivity contribution in [2.45, 2.75) is 36.5 Å². The number of rotatable bonds is 9. The lowest BCUT2D eigenvalue weighted by Gasteiger charge is -2.08. The van der Waals surface area contributed by atoms with E-state index in [9.17, 15) is 9.59 Å². The van der Waals surface area contributed by atoms with Gasteiger partial charge in [0.25, 0.3) is 0 Å². The molecule has 0 unspecified atom stereocenters. The first-order valence-electron chi connectivity index (χ1n) is 12.8. The van der Waals surface area contributed by atoms with E-state index in [-0.39, 0.29) is 5.78 Å². The molecule has 5 aromatic rings. The van der Waals surface area contributed by atoms with Crippen LogP contribution in [0.4, 0.5) is 0 Å². The Morgan fingerprint density at radius 2 is 1.44 bits per heavy atom. The van der Waals surface area contributed by atoms with E-state index in [1.807, 2.05) is 78.9 Å². The molecule has 0 saturated carbocycles. The van der Waals surface area contributed by atoms with Crippen LogP contribution in [-0.4, -0.2) is 17.5 Å². The first-order chi connectivity index (χ1) is 19.0. The van der Waals surface area contributed by atoms with E-state index >= 15 is 0 Å². The number of hydrogen-bond donors (Lipinski definition) is 0. The summed E-state index contributed by atoms with van der Waals surface area (Å²) in [5.41, 5.74) is 4.68. The van der Waals surface area contributed by atoms with E-state index in [4.69, 9.17) is 9.25 Å². The molecule has 0 atom stereocenters. The highest BCUT2D eigenvalue weighted by atomic mass is 32.2. The quantitative estimate of drug-likeness (QED) is 0.0822. The number of ketones is 1. The van der Waals surface area contributed by atoms with Crippen molar-refractivity contribution in [2.75, 3.05) is 0 Å². The van der Waals surface area contributed by atoms with Crippen LogP contribution >= 0.6 is 11.8 Å². The molecule has 0 spiro atoms. The highest BCUT2D eigenvalue weighted by Gasteiger charge is 2.23. The van der Waals surface area contributed by atoms with Gasteiger partial charge < -0.3 is 9.25 Å². The van der Waals surface area contributed by atoms with Crippen LogP contribution in [0.3, 0.4) is 0 Å². The van der Waals surface area contributed by atoms with E-state index in [0.29, 0.717) is 16.9 Å². The van der Waals surface area contributed by atoms with Crippen LogP contribution in [-0.2, 0) is 9.63 Å². The summed E-state index contributed by atoms with van der Waals surface area (Å²) in [6.07, 6.45) is 1.62. The number of oxime groups is 1. The Kier molecular flexibility index (Phi) is 8.04. The second-order valence-corrected chi connectivity index (χ2v) is 10.2. The van der Waals surface area contributed by atoms with Gasteiger partial charge in [-0.25, -0.2) is 4.79 Å². The molecule has 0 amide bonds. The molecule has 5 nitrogen and oxygen atoms in total. The molecule has 0 N–H and O–H groups in total. The normalized spacial score (nSPS) is 11.5. The lowest BCUT2D eigenvalue weighted by molar-refractivity contribution is -0.140. The summed E-state index contributed by atoms with van der Waals surface area (Å²) < 4.78 is 6.08. The van der Waals surface area contributed by atoms with Crippen LogP contribution in [0.5, 0.6) is 0 Å². The fourth-order valence-electron chi connectivity index (χ4n) is 4.35. The smallest absolute Gasteiger partial charge is 0.331 e. The maximum Gasteiger partial charge on any atom is 0.331 e. The van der Waals surface area contributed by atoms with Crippen molar-refractivity contribution in [2.24, 2.45) is 5.16 Å². The third-order valence-electron chi connectivity index (χ3n) is 6.18. The molecule has 1 heterocycles. The molecule has 0 fully saturated rings. The second-order valence-electron chi connectivity index (χ2n) is 9.02. The van der Waals surface area contributed by atoms with Gasteiger partial charge in [0.1, 0.15) is 5.58 Å². The van der Waals surface area contributed by atoms with E-state index < -0.39 is 5.97 Å². The van der Waals surface area contributed by atoms with Crippen LogP contribution in [0.15, 0.2) is 122 Å². The molecule has 194 valence electrons. The number of carbonyl (C=O) groups excluding carboxylic acids is 2. The van der Waals surface area contributed by atoms with Crippen molar-refractivity contribution >= 4 is 40.2 Å². The van der Waals surface area contributed by atoms with Crippen molar-refractivity contribution in [3.63, 3.8) is 0 Å². The summed E-state index contributed by atoms with van der Waals surface area (Å²) in [6, 6.07) is 33.2. The third-order valence-corrected chi connectivity index (χ3v) is 7.19. The standard InChI is InChI=1S/C33H27NO4S/c1-3-9-29(34-38-22(2)35)23-14-18-26(19-15-23)39-27-20-16-24(17-21-27)31-28-12-7-8-13-30(28)37-33(31)32(36)25-10-5-4-6-11-25/h4-8,10-21H,3,9H2,1-2H3/b34-29+. The summed E-state index contributed by atoms with van der Waals surface area (Å²) in [4.78, 5) is 31.6. The lowest BCUT2D eigenvalue weighted by Crippen LogP contribution is -2.03. The fraction of sp³-hybridized carbons (Fsp3) is 0.121. The number of para-hydroxylation sites is 1. The Hall–Kier alpha value is -4.42. The summed E-state index contributed by atoms with van der Waals surface area (Å²) in [5.74, 6) is -0.226. The molecule has 0 radical (unpaired) electrons. The van der Waals surface area contributed by atoms with Crippen molar-refractivity contribution in [3.05, 3.63) is 120 Å². The molecule has 6 heteroatoms. The molecule has 0 aliphatic rings. The second kappa shape index (κ2) is 12.0. The monoisotopic (exact) mass is 533 g/mol. The Labute approximate surface area is 231 Å². The fourth-order valence-corrected chi connectivity index (χ4v) is 5.17. The number of fused-ring (bicyclic) bond motifs is 1. The molecule has 0 bridgehead atoms. The van der Waals surface area contributed by atoms with Gasteiger partial charge in [0.2, 0.25) is 5.78 Å². The highest BCUT2D eigenvalue weighted by molar-refractivity contribution is 7.99. The predicted molar refractivity (Wildman–Crippen MR) is 155 cm³/mol. The minimum absolute atomic E-state index is 0.139. The van der Waals surface area contributed by atoms with Gasteiger partial charge in [-0.3, -0.25) is 4.79 Å². The van der Waals surface area contributed by atoms with Crippen LogP contribution in [0.1, 0.15) is 48.4 Å². The number of carbonyl (C=O) groups is 2. The maximum atomic E-state index is 13.4. The summed E-state index contributed by atoms with van der Waals surface area (Å²) >= 11 is 1.64. The molecule has 5 rings (SSSR count). The molecular weight excluding hydrogens is 506 g/mol. The summed E-state index contributed by atoms with van der Waals surface area (Å²) in [7, 11) is 0. The zero-order valence-corrected chi connectivity index (χ0v) is 22.5. The average Bonchev–Trinajstić information content (AvgIpc) is 3.36. The van der Waals surface area contributed by atoms with Crippen molar-refractivity contribution < 1.29 is 18.8 Å². The lowest BCUT2D eigenvalue weighted by atomic mass is 9.98. The van der Waals surface area contributed by atoms with Crippen LogP contribution in [0.2, 0.25) is 0 Å². The van der Waals surface area contributed by atoms with Gasteiger partial charge >= 0.3 is 5.97 Å². The number of nitrogens with zero attached hydrogens (tertiary/aromatic N) is 1. The topological polar surface area (TPSA) is 68.9 Å². The Morgan fingerprint density at radius 3 is 2.10 bits per heavy atom. The van der Waals surface area contributed by atoms with E-state index in [1.165, 1.54) is 6.92 Å². The van der Waals surface area contributed by atoms with Crippen LogP contribution in [0.25, 0.3) is 22.1 Å². The number of furan rings is 1. The number of benzene rings is 4. The van der Waals surface area contributed by atoms with Gasteiger partial charge in [-0.2, -0.15) is 0 Å². The van der Waals surface area contributed by atoms with Crippen LogP contribution in [0, 0.1) is 0 Å². The Balaban J connectivity index is 1.40. The zero-order chi connectivity index (χ0) is 27.2. The molecule has 0 aliphatic carbocycles. The Bertz CT molecular complexity index is 1640. The van der Waals surface area contributed by atoms with E-state index in [1.54, 1.807) is 23.9 Å². The van der Waals surface area contributed by atoms with Crippen molar-refractivity contribution in [3.8, 4) is 11.1 Å². The van der Waals surface area contributed by atoms with Gasteiger partial charge in [-0.05, 0) is 47.9 Å². The highest BCUT2D eigenvalue weighted by Crippen LogP contribution is 2.37. The first-order valence-corrected chi connectivity index (χ1v) is 13.6. The minimum Gasteiger partial charge on any atom is -0.452 e. The Morgan fingerprint density at radius 1 is 0.795 bits per heavy atom. The van der Waals surface area contributed by atoms with E-state index in [2.05, 4.69) is 24.2 Å². The molecule has 4 aromatic carbocycles. The molecule has 39 heavy (non-hydrogen) atoms. The zero-order valence-electron chi connectivity index (χ0n) is 21.7.